The highest BCUT2D eigenvalue weighted by molar-refractivity contribution is 6.41. The number of hydrogen-bond donors (Lipinski definition) is 1. The van der Waals surface area contributed by atoms with Gasteiger partial charge in [0, 0.05) is 11.6 Å². The molecule has 110 valence electrons. The fraction of sp³-hybridized carbons (Fsp3) is 0.133. The Hall–Kier alpha value is -1.42. The lowest BCUT2D eigenvalue weighted by Crippen LogP contribution is -2.09. The second-order valence-electron chi connectivity index (χ2n) is 4.25. The zero-order chi connectivity index (χ0) is 15.4. The quantitative estimate of drug-likeness (QED) is 0.789. The molecule has 0 saturated heterocycles. The van der Waals surface area contributed by atoms with Crippen LogP contribution in [0, 0.1) is 0 Å². The van der Waals surface area contributed by atoms with Crippen LogP contribution in [-0.2, 0) is 11.3 Å². The Balaban J connectivity index is 2.23. The van der Waals surface area contributed by atoms with Crippen molar-refractivity contribution < 1.29 is 9.53 Å². The molecular weight excluding hydrogens is 333 g/mol. The Morgan fingerprint density at radius 2 is 1.76 bits per heavy atom. The van der Waals surface area contributed by atoms with Crippen LogP contribution in [0.1, 0.15) is 15.9 Å². The number of carbonyl (C=O) groups is 1. The van der Waals surface area contributed by atoms with Crippen LogP contribution in [0.4, 0.5) is 5.69 Å². The van der Waals surface area contributed by atoms with Crippen molar-refractivity contribution in [2.45, 2.75) is 6.54 Å². The molecule has 3 nitrogen and oxygen atoms in total. The number of hydrogen-bond acceptors (Lipinski definition) is 3. The molecule has 0 aromatic heterocycles. The van der Waals surface area contributed by atoms with Crippen LogP contribution in [0.15, 0.2) is 36.4 Å². The number of nitrogens with one attached hydrogen (secondary N) is 1. The molecule has 2 aromatic rings. The molecule has 0 aliphatic heterocycles. The second-order valence-corrected chi connectivity index (χ2v) is 5.50. The lowest BCUT2D eigenvalue weighted by molar-refractivity contribution is 0.0599. The topological polar surface area (TPSA) is 38.3 Å². The molecule has 0 aliphatic rings. The Morgan fingerprint density at radius 3 is 2.38 bits per heavy atom. The zero-order valence-corrected chi connectivity index (χ0v) is 13.4. The summed E-state index contributed by atoms with van der Waals surface area (Å²) in [5.74, 6) is -0.388. The molecule has 0 amide bonds. The Labute approximate surface area is 137 Å². The number of halogens is 3. The van der Waals surface area contributed by atoms with Gasteiger partial charge in [-0.25, -0.2) is 4.79 Å². The van der Waals surface area contributed by atoms with Gasteiger partial charge < -0.3 is 10.1 Å². The van der Waals surface area contributed by atoms with Gasteiger partial charge in [0.1, 0.15) is 0 Å². The SMILES string of the molecule is COC(=O)c1ccccc1CNc1c(Cl)cc(Cl)cc1Cl. The maximum absolute atomic E-state index is 11.7. The zero-order valence-electron chi connectivity index (χ0n) is 11.1. The molecule has 0 saturated carbocycles. The van der Waals surface area contributed by atoms with Gasteiger partial charge in [-0.1, -0.05) is 53.0 Å². The van der Waals surface area contributed by atoms with Crippen molar-refractivity contribution >= 4 is 46.5 Å². The third-order valence-electron chi connectivity index (χ3n) is 2.89. The fourth-order valence-electron chi connectivity index (χ4n) is 1.88. The number of ether oxygens (including phenoxy) is 1. The van der Waals surface area contributed by atoms with Crippen molar-refractivity contribution in [1.29, 1.82) is 0 Å². The first-order valence-electron chi connectivity index (χ1n) is 6.07. The van der Waals surface area contributed by atoms with Crippen LogP contribution in [0.5, 0.6) is 0 Å². The van der Waals surface area contributed by atoms with E-state index in [2.05, 4.69) is 5.32 Å². The number of rotatable bonds is 4. The summed E-state index contributed by atoms with van der Waals surface area (Å²) in [6, 6.07) is 10.4. The summed E-state index contributed by atoms with van der Waals surface area (Å²) in [6.07, 6.45) is 0. The van der Waals surface area contributed by atoms with Gasteiger partial charge in [0.15, 0.2) is 0 Å². The van der Waals surface area contributed by atoms with Gasteiger partial charge in [-0.15, -0.1) is 0 Å². The number of anilines is 1. The van der Waals surface area contributed by atoms with E-state index in [1.165, 1.54) is 7.11 Å². The molecule has 0 bridgehead atoms. The molecule has 2 rings (SSSR count). The standard InChI is InChI=1S/C15H12Cl3NO2/c1-21-15(20)11-5-3-2-4-9(11)8-19-14-12(17)6-10(16)7-13(14)18/h2-7,19H,8H2,1H3. The maximum atomic E-state index is 11.7. The van der Waals surface area contributed by atoms with Gasteiger partial charge in [0.25, 0.3) is 0 Å². The largest absolute Gasteiger partial charge is 0.465 e. The monoisotopic (exact) mass is 343 g/mol. The summed E-state index contributed by atoms with van der Waals surface area (Å²) in [7, 11) is 1.35. The van der Waals surface area contributed by atoms with Gasteiger partial charge in [-0.3, -0.25) is 0 Å². The first kappa shape index (κ1) is 16.0. The number of carbonyl (C=O) groups excluding carboxylic acids is 1. The van der Waals surface area contributed by atoms with Gasteiger partial charge in [-0.05, 0) is 23.8 Å². The summed E-state index contributed by atoms with van der Waals surface area (Å²) in [4.78, 5) is 11.7. The van der Waals surface area contributed by atoms with E-state index in [9.17, 15) is 4.79 Å². The molecule has 0 radical (unpaired) electrons. The molecule has 0 heterocycles. The highest BCUT2D eigenvalue weighted by Crippen LogP contribution is 2.34. The molecule has 0 unspecified atom stereocenters. The molecular formula is C15H12Cl3NO2. The lowest BCUT2D eigenvalue weighted by Gasteiger charge is -2.13. The summed E-state index contributed by atoms with van der Waals surface area (Å²) in [5, 5.41) is 4.42. The smallest absolute Gasteiger partial charge is 0.338 e. The molecule has 0 spiro atoms. The average molecular weight is 345 g/mol. The van der Waals surface area contributed by atoms with Crippen molar-refractivity contribution in [1.82, 2.24) is 0 Å². The van der Waals surface area contributed by atoms with Crippen LogP contribution in [0.3, 0.4) is 0 Å². The van der Waals surface area contributed by atoms with Crippen LogP contribution in [0.2, 0.25) is 15.1 Å². The van der Waals surface area contributed by atoms with Crippen LogP contribution < -0.4 is 5.32 Å². The predicted molar refractivity (Wildman–Crippen MR) is 86.6 cm³/mol. The summed E-state index contributed by atoms with van der Waals surface area (Å²) < 4.78 is 4.76. The van der Waals surface area contributed by atoms with E-state index in [1.807, 2.05) is 12.1 Å². The molecule has 1 N–H and O–H groups in total. The highest BCUT2D eigenvalue weighted by atomic mass is 35.5. The van der Waals surface area contributed by atoms with E-state index >= 15 is 0 Å². The van der Waals surface area contributed by atoms with Crippen molar-refractivity contribution in [3.05, 3.63) is 62.6 Å². The molecule has 2 aromatic carbocycles. The van der Waals surface area contributed by atoms with E-state index in [0.717, 1.165) is 5.56 Å². The van der Waals surface area contributed by atoms with Gasteiger partial charge in [-0.2, -0.15) is 0 Å². The summed E-state index contributed by atoms with van der Waals surface area (Å²) >= 11 is 18.1. The van der Waals surface area contributed by atoms with E-state index in [0.29, 0.717) is 32.9 Å². The molecule has 21 heavy (non-hydrogen) atoms. The summed E-state index contributed by atoms with van der Waals surface area (Å²) in [5.41, 5.74) is 1.85. The predicted octanol–water partition coefficient (Wildman–Crippen LogP) is 5.05. The molecule has 6 heteroatoms. The molecule has 0 atom stereocenters. The van der Waals surface area contributed by atoms with Crippen LogP contribution in [-0.4, -0.2) is 13.1 Å². The number of methoxy groups -OCH3 is 1. The number of esters is 1. The first-order valence-corrected chi connectivity index (χ1v) is 7.21. The minimum absolute atomic E-state index is 0.381. The maximum Gasteiger partial charge on any atom is 0.338 e. The first-order chi connectivity index (χ1) is 10.0. The van der Waals surface area contributed by atoms with Gasteiger partial charge >= 0.3 is 5.97 Å². The fourth-order valence-corrected chi connectivity index (χ4v) is 2.83. The van der Waals surface area contributed by atoms with Crippen molar-refractivity contribution in [2.75, 3.05) is 12.4 Å². The van der Waals surface area contributed by atoms with Crippen LogP contribution in [0.25, 0.3) is 0 Å². The van der Waals surface area contributed by atoms with Crippen molar-refractivity contribution in [2.24, 2.45) is 0 Å². The Kier molecular flexibility index (Phi) is 5.34. The minimum atomic E-state index is -0.388. The second kappa shape index (κ2) is 7.03. The molecule has 0 fully saturated rings. The Bertz CT molecular complexity index is 651. The average Bonchev–Trinajstić information content (AvgIpc) is 2.45. The lowest BCUT2D eigenvalue weighted by atomic mass is 10.1. The minimum Gasteiger partial charge on any atom is -0.465 e. The number of benzene rings is 2. The van der Waals surface area contributed by atoms with E-state index in [1.54, 1.807) is 24.3 Å². The highest BCUT2D eigenvalue weighted by Gasteiger charge is 2.12. The van der Waals surface area contributed by atoms with E-state index in [-0.39, 0.29) is 5.97 Å². The summed E-state index contributed by atoms with van der Waals surface area (Å²) in [6.45, 7) is 0.381. The van der Waals surface area contributed by atoms with Crippen molar-refractivity contribution in [3.8, 4) is 0 Å². The molecule has 0 aliphatic carbocycles. The van der Waals surface area contributed by atoms with Gasteiger partial charge in [0.2, 0.25) is 0 Å². The van der Waals surface area contributed by atoms with E-state index in [4.69, 9.17) is 39.5 Å². The van der Waals surface area contributed by atoms with Gasteiger partial charge in [0.05, 0.1) is 28.4 Å². The Morgan fingerprint density at radius 1 is 1.14 bits per heavy atom. The van der Waals surface area contributed by atoms with Crippen molar-refractivity contribution in [3.63, 3.8) is 0 Å². The third kappa shape index (κ3) is 3.82. The normalized spacial score (nSPS) is 10.3. The van der Waals surface area contributed by atoms with Crippen LogP contribution >= 0.6 is 34.8 Å². The third-order valence-corrected chi connectivity index (χ3v) is 3.70. The van der Waals surface area contributed by atoms with E-state index < -0.39 is 0 Å².